The van der Waals surface area contributed by atoms with Gasteiger partial charge in [-0.15, -0.1) is 0 Å². The molecule has 0 fully saturated rings. The van der Waals surface area contributed by atoms with Crippen molar-refractivity contribution in [3.05, 3.63) is 36.2 Å². The molecule has 0 aliphatic carbocycles. The first-order chi connectivity index (χ1) is 10.1. The summed E-state index contributed by atoms with van der Waals surface area (Å²) in [6.45, 7) is -1.85. The molecule has 5 nitrogen and oxygen atoms in total. The zero-order valence-electron chi connectivity index (χ0n) is 10.8. The monoisotopic (exact) mass is 325 g/mol. The average molecular weight is 325 g/mol. The van der Waals surface area contributed by atoms with E-state index >= 15 is 0 Å². The second-order valence-electron chi connectivity index (χ2n) is 4.29. The van der Waals surface area contributed by atoms with Crippen LogP contribution in [0.3, 0.4) is 0 Å². The van der Waals surface area contributed by atoms with E-state index in [1.165, 1.54) is 12.5 Å². The molecule has 2 aromatic heterocycles. The van der Waals surface area contributed by atoms with Crippen LogP contribution in [0.1, 0.15) is 11.4 Å². The predicted molar refractivity (Wildman–Crippen MR) is 62.7 cm³/mol. The minimum Gasteiger partial charge on any atom is -0.347 e. The smallest absolute Gasteiger partial charge is 0.347 e. The first-order valence-corrected chi connectivity index (χ1v) is 5.84. The Kier molecular flexibility index (Phi) is 4.24. The van der Waals surface area contributed by atoms with Crippen molar-refractivity contribution in [1.82, 2.24) is 19.9 Å². The Morgan fingerprint density at radius 1 is 1.14 bits per heavy atom. The Morgan fingerprint density at radius 3 is 2.41 bits per heavy atom. The summed E-state index contributed by atoms with van der Waals surface area (Å²) >= 11 is 0. The highest BCUT2D eigenvalue weighted by molar-refractivity contribution is 5.32. The summed E-state index contributed by atoms with van der Waals surface area (Å²) in [4.78, 5) is 13.5. The summed E-state index contributed by atoms with van der Waals surface area (Å²) in [6.07, 6.45) is -6.13. The molecule has 0 atom stereocenters. The lowest BCUT2D eigenvalue weighted by atomic mass is 10.3. The van der Waals surface area contributed by atoms with E-state index in [1.807, 2.05) is 0 Å². The van der Waals surface area contributed by atoms with E-state index in [2.05, 4.69) is 19.9 Å². The molecule has 0 aliphatic heterocycles. The molecule has 0 unspecified atom stereocenters. The maximum atomic E-state index is 12.6. The number of nitrogens with one attached hydrogen (secondary N) is 1. The van der Waals surface area contributed by atoms with Crippen molar-refractivity contribution in [3.8, 4) is 0 Å². The van der Waals surface area contributed by atoms with E-state index < -0.39 is 30.5 Å². The molecule has 2 aromatic rings. The van der Waals surface area contributed by atoms with Crippen LogP contribution in [-0.4, -0.2) is 32.7 Å². The van der Waals surface area contributed by atoms with E-state index in [0.717, 1.165) is 6.20 Å². The third kappa shape index (κ3) is 4.33. The van der Waals surface area contributed by atoms with Gasteiger partial charge in [-0.2, -0.15) is 26.3 Å². The second kappa shape index (κ2) is 5.81. The Morgan fingerprint density at radius 2 is 1.86 bits per heavy atom. The Bertz CT molecular complexity index is 606. The van der Waals surface area contributed by atoms with Gasteiger partial charge in [0, 0.05) is 12.4 Å². The Balaban J connectivity index is 2.32. The SMILES string of the molecule is FC(F)(F)CN(Cc1cnc[nH]1)c1nccc(C(F)(F)F)n1. The average Bonchev–Trinajstić information content (AvgIpc) is 2.88. The van der Waals surface area contributed by atoms with Crippen molar-refractivity contribution in [3.63, 3.8) is 0 Å². The van der Waals surface area contributed by atoms with Crippen molar-refractivity contribution in [2.75, 3.05) is 11.4 Å². The molecular weight excluding hydrogens is 316 g/mol. The molecule has 11 heteroatoms. The standard InChI is InChI=1S/C11H9F6N5/c12-10(13,14)5-22(4-7-3-18-6-20-7)9-19-2-1-8(21-9)11(15,16)17/h1-3,6H,4-5H2,(H,18,20). The molecule has 2 heterocycles. The number of imidazole rings is 1. The summed E-state index contributed by atoms with van der Waals surface area (Å²) in [5.74, 6) is -0.665. The highest BCUT2D eigenvalue weighted by Crippen LogP contribution is 2.29. The first-order valence-electron chi connectivity index (χ1n) is 5.84. The second-order valence-corrected chi connectivity index (χ2v) is 4.29. The maximum absolute atomic E-state index is 12.6. The number of anilines is 1. The molecule has 0 aromatic carbocycles. The molecule has 0 radical (unpaired) electrons. The van der Waals surface area contributed by atoms with Crippen LogP contribution in [0.2, 0.25) is 0 Å². The fraction of sp³-hybridized carbons (Fsp3) is 0.364. The molecule has 0 amide bonds. The van der Waals surface area contributed by atoms with Crippen molar-refractivity contribution >= 4 is 5.95 Å². The minimum atomic E-state index is -4.77. The zero-order valence-corrected chi connectivity index (χ0v) is 10.8. The quantitative estimate of drug-likeness (QED) is 0.878. The summed E-state index contributed by atoms with van der Waals surface area (Å²) < 4.78 is 75.6. The van der Waals surface area contributed by atoms with Crippen LogP contribution in [0.25, 0.3) is 0 Å². The molecule has 0 spiro atoms. The lowest BCUT2D eigenvalue weighted by Gasteiger charge is -2.23. The van der Waals surface area contributed by atoms with Gasteiger partial charge in [0.2, 0.25) is 5.95 Å². The van der Waals surface area contributed by atoms with E-state index in [9.17, 15) is 26.3 Å². The van der Waals surface area contributed by atoms with E-state index in [1.54, 1.807) is 0 Å². The zero-order chi connectivity index (χ0) is 16.4. The first kappa shape index (κ1) is 16.0. The lowest BCUT2D eigenvalue weighted by Crippen LogP contribution is -2.35. The van der Waals surface area contributed by atoms with Crippen LogP contribution in [0.5, 0.6) is 0 Å². The molecule has 0 bridgehead atoms. The van der Waals surface area contributed by atoms with Gasteiger partial charge in [-0.3, -0.25) is 0 Å². The van der Waals surface area contributed by atoms with Crippen LogP contribution in [0, 0.1) is 0 Å². The van der Waals surface area contributed by atoms with E-state index in [-0.39, 0.29) is 12.2 Å². The van der Waals surface area contributed by atoms with Crippen LogP contribution in [0.4, 0.5) is 32.3 Å². The van der Waals surface area contributed by atoms with Crippen LogP contribution >= 0.6 is 0 Å². The third-order valence-corrected chi connectivity index (χ3v) is 2.50. The molecule has 0 saturated carbocycles. The van der Waals surface area contributed by atoms with Crippen LogP contribution < -0.4 is 4.90 Å². The van der Waals surface area contributed by atoms with Gasteiger partial charge in [-0.25, -0.2) is 15.0 Å². The largest absolute Gasteiger partial charge is 0.433 e. The van der Waals surface area contributed by atoms with Gasteiger partial charge in [0.15, 0.2) is 0 Å². The van der Waals surface area contributed by atoms with Gasteiger partial charge < -0.3 is 9.88 Å². The number of alkyl halides is 6. The fourth-order valence-electron chi connectivity index (χ4n) is 1.65. The molecule has 1 N–H and O–H groups in total. The number of H-pyrrole nitrogens is 1. The number of aromatic amines is 1. The van der Waals surface area contributed by atoms with Gasteiger partial charge in [-0.1, -0.05) is 0 Å². The minimum absolute atomic E-state index is 0.283. The van der Waals surface area contributed by atoms with Gasteiger partial charge in [-0.05, 0) is 6.07 Å². The molecule has 0 saturated heterocycles. The van der Waals surface area contributed by atoms with Crippen molar-refractivity contribution in [2.45, 2.75) is 18.9 Å². The number of halogens is 6. The summed E-state index contributed by atoms with van der Waals surface area (Å²) in [5.41, 5.74) is -1.03. The Hall–Kier alpha value is -2.33. The fourth-order valence-corrected chi connectivity index (χ4v) is 1.65. The number of rotatable bonds is 4. The normalized spacial score (nSPS) is 12.5. The molecule has 2 rings (SSSR count). The summed E-state index contributed by atoms with van der Waals surface area (Å²) in [5, 5.41) is 0. The molecular formula is C11H9F6N5. The van der Waals surface area contributed by atoms with Crippen molar-refractivity contribution < 1.29 is 26.3 Å². The highest BCUT2D eigenvalue weighted by atomic mass is 19.4. The number of aromatic nitrogens is 4. The van der Waals surface area contributed by atoms with Crippen molar-refractivity contribution in [1.29, 1.82) is 0 Å². The highest BCUT2D eigenvalue weighted by Gasteiger charge is 2.35. The predicted octanol–water partition coefficient (Wildman–Crippen LogP) is 2.79. The maximum Gasteiger partial charge on any atom is 0.433 e. The number of hydrogen-bond acceptors (Lipinski definition) is 4. The van der Waals surface area contributed by atoms with E-state index in [0.29, 0.717) is 11.0 Å². The van der Waals surface area contributed by atoms with Gasteiger partial charge in [0.05, 0.1) is 18.6 Å². The summed E-state index contributed by atoms with van der Waals surface area (Å²) in [6, 6.07) is 0.589. The molecule has 22 heavy (non-hydrogen) atoms. The molecule has 120 valence electrons. The van der Waals surface area contributed by atoms with Gasteiger partial charge in [0.1, 0.15) is 12.2 Å². The lowest BCUT2D eigenvalue weighted by molar-refractivity contribution is -0.141. The van der Waals surface area contributed by atoms with Crippen LogP contribution in [0.15, 0.2) is 24.8 Å². The van der Waals surface area contributed by atoms with Crippen LogP contribution in [-0.2, 0) is 12.7 Å². The van der Waals surface area contributed by atoms with Gasteiger partial charge >= 0.3 is 12.4 Å². The third-order valence-electron chi connectivity index (χ3n) is 2.50. The Labute approximate surface area is 120 Å². The number of nitrogens with zero attached hydrogens (tertiary/aromatic N) is 4. The van der Waals surface area contributed by atoms with E-state index in [4.69, 9.17) is 0 Å². The number of hydrogen-bond donors (Lipinski definition) is 1. The summed E-state index contributed by atoms with van der Waals surface area (Å²) in [7, 11) is 0. The topological polar surface area (TPSA) is 57.7 Å². The molecule has 0 aliphatic rings. The van der Waals surface area contributed by atoms with Gasteiger partial charge in [0.25, 0.3) is 0 Å². The van der Waals surface area contributed by atoms with Crippen molar-refractivity contribution in [2.24, 2.45) is 0 Å².